The van der Waals surface area contributed by atoms with Gasteiger partial charge in [-0.3, -0.25) is 0 Å². The highest BCUT2D eigenvalue weighted by atomic mass is 79.9. The first kappa shape index (κ1) is 20.8. The number of allylic oxidation sites excluding steroid dienone is 7. The fourth-order valence-corrected chi connectivity index (χ4v) is 5.32. The summed E-state index contributed by atoms with van der Waals surface area (Å²) in [4.78, 5) is 0. The van der Waals surface area contributed by atoms with Gasteiger partial charge in [-0.05, 0) is 69.2 Å². The molecule has 0 fully saturated rings. The lowest BCUT2D eigenvalue weighted by molar-refractivity contribution is 0.660. The van der Waals surface area contributed by atoms with Crippen molar-refractivity contribution in [2.24, 2.45) is 5.73 Å². The summed E-state index contributed by atoms with van der Waals surface area (Å²) in [6, 6.07) is 25.9. The van der Waals surface area contributed by atoms with Crippen LogP contribution in [-0.4, -0.2) is 0 Å². The Morgan fingerprint density at radius 1 is 0.875 bits per heavy atom. The van der Waals surface area contributed by atoms with E-state index in [1.165, 1.54) is 33.4 Å². The van der Waals surface area contributed by atoms with E-state index in [9.17, 15) is 0 Å². The Kier molecular flexibility index (Phi) is 5.27. The van der Waals surface area contributed by atoms with Crippen molar-refractivity contribution >= 4 is 27.2 Å². The maximum atomic E-state index is 6.74. The average molecular weight is 480 g/mol. The number of halogens is 1. The van der Waals surface area contributed by atoms with E-state index in [4.69, 9.17) is 5.73 Å². The van der Waals surface area contributed by atoms with Gasteiger partial charge in [-0.2, -0.15) is 0 Å². The lowest BCUT2D eigenvalue weighted by Gasteiger charge is -2.22. The van der Waals surface area contributed by atoms with Gasteiger partial charge in [0.05, 0.1) is 0 Å². The molecule has 2 aliphatic carbocycles. The van der Waals surface area contributed by atoms with Gasteiger partial charge < -0.3 is 5.73 Å². The minimum atomic E-state index is -0.0370. The molecule has 0 heterocycles. The Balaban J connectivity index is 1.61. The van der Waals surface area contributed by atoms with Crippen molar-refractivity contribution < 1.29 is 0 Å². The maximum absolute atomic E-state index is 6.74. The van der Waals surface area contributed by atoms with E-state index in [0.29, 0.717) is 0 Å². The standard InChI is InChI=1S/C30H26BrN/c1-30(2)27-14-7-6-13-24(27)25-16-15-22(18-28(25)30)29(32)19-26(20-9-4-3-5-10-20)21-11-8-12-23(31)17-21/h3-10,12-19H,11,32H2,1-2H3/b26-21-,29-19-. The molecule has 3 aromatic carbocycles. The molecule has 32 heavy (non-hydrogen) atoms. The first-order chi connectivity index (χ1) is 15.4. The van der Waals surface area contributed by atoms with E-state index in [2.05, 4.69) is 121 Å². The molecule has 0 unspecified atom stereocenters. The van der Waals surface area contributed by atoms with Crippen LogP contribution in [0.25, 0.3) is 22.4 Å². The zero-order chi connectivity index (χ0) is 22.3. The molecule has 158 valence electrons. The van der Waals surface area contributed by atoms with Gasteiger partial charge in [0.25, 0.3) is 0 Å². The van der Waals surface area contributed by atoms with Crippen LogP contribution in [0.3, 0.4) is 0 Å². The molecule has 5 rings (SSSR count). The van der Waals surface area contributed by atoms with Crippen molar-refractivity contribution in [1.82, 2.24) is 0 Å². The van der Waals surface area contributed by atoms with E-state index in [0.717, 1.165) is 27.7 Å². The van der Waals surface area contributed by atoms with Gasteiger partial charge >= 0.3 is 0 Å². The Bertz CT molecular complexity index is 1320. The normalized spacial score (nSPS) is 18.1. The van der Waals surface area contributed by atoms with Crippen LogP contribution >= 0.6 is 15.9 Å². The van der Waals surface area contributed by atoms with Crippen molar-refractivity contribution in [3.8, 4) is 11.1 Å². The highest BCUT2D eigenvalue weighted by Crippen LogP contribution is 2.49. The lowest BCUT2D eigenvalue weighted by Crippen LogP contribution is -2.15. The van der Waals surface area contributed by atoms with Gasteiger partial charge in [-0.1, -0.05) is 109 Å². The zero-order valence-corrected chi connectivity index (χ0v) is 20.0. The quantitative estimate of drug-likeness (QED) is 0.404. The van der Waals surface area contributed by atoms with Crippen LogP contribution in [0, 0.1) is 0 Å². The molecule has 3 aromatic rings. The molecule has 0 amide bonds. The van der Waals surface area contributed by atoms with Crippen molar-refractivity contribution in [2.75, 3.05) is 0 Å². The highest BCUT2D eigenvalue weighted by molar-refractivity contribution is 9.11. The number of hydrogen-bond acceptors (Lipinski definition) is 1. The Labute approximate surface area is 198 Å². The number of rotatable bonds is 3. The van der Waals surface area contributed by atoms with E-state index in [1.807, 2.05) is 6.07 Å². The van der Waals surface area contributed by atoms with E-state index >= 15 is 0 Å². The summed E-state index contributed by atoms with van der Waals surface area (Å²) in [5.41, 5.74) is 17.5. The second kappa shape index (κ2) is 8.11. The van der Waals surface area contributed by atoms with Gasteiger partial charge in [0.2, 0.25) is 0 Å². The predicted molar refractivity (Wildman–Crippen MR) is 140 cm³/mol. The van der Waals surface area contributed by atoms with Crippen molar-refractivity contribution in [2.45, 2.75) is 25.7 Å². The van der Waals surface area contributed by atoms with Gasteiger partial charge in [0.15, 0.2) is 0 Å². The molecule has 2 N–H and O–H groups in total. The Hall–Kier alpha value is -3.10. The van der Waals surface area contributed by atoms with Crippen molar-refractivity contribution in [1.29, 1.82) is 0 Å². The summed E-state index contributed by atoms with van der Waals surface area (Å²) in [6.07, 6.45) is 9.49. The molecule has 2 heteroatoms. The Morgan fingerprint density at radius 3 is 2.38 bits per heavy atom. The minimum absolute atomic E-state index is 0.0370. The highest BCUT2D eigenvalue weighted by Gasteiger charge is 2.35. The number of nitrogens with two attached hydrogens (primary N) is 1. The summed E-state index contributed by atoms with van der Waals surface area (Å²) >= 11 is 3.63. The van der Waals surface area contributed by atoms with Crippen LogP contribution in [0.2, 0.25) is 0 Å². The van der Waals surface area contributed by atoms with E-state index in [-0.39, 0.29) is 5.41 Å². The van der Waals surface area contributed by atoms with Crippen LogP contribution < -0.4 is 5.73 Å². The van der Waals surface area contributed by atoms with Crippen LogP contribution in [0.5, 0.6) is 0 Å². The summed E-state index contributed by atoms with van der Waals surface area (Å²) in [7, 11) is 0. The zero-order valence-electron chi connectivity index (χ0n) is 18.4. The predicted octanol–water partition coefficient (Wildman–Crippen LogP) is 7.99. The summed E-state index contributed by atoms with van der Waals surface area (Å²) in [5, 5.41) is 0. The summed E-state index contributed by atoms with van der Waals surface area (Å²) in [6.45, 7) is 4.60. The second-order valence-corrected chi connectivity index (χ2v) is 9.89. The van der Waals surface area contributed by atoms with Gasteiger partial charge in [-0.15, -0.1) is 0 Å². The number of fused-ring (bicyclic) bond motifs is 3. The SMILES string of the molecule is CC1(C)c2ccccc2-c2ccc(/C(N)=C/C(=C3/C=C(Br)C=CC3)c3ccccc3)cc21. The van der Waals surface area contributed by atoms with E-state index < -0.39 is 0 Å². The monoisotopic (exact) mass is 479 g/mol. The van der Waals surface area contributed by atoms with E-state index in [1.54, 1.807) is 0 Å². The number of benzene rings is 3. The van der Waals surface area contributed by atoms with Crippen LogP contribution in [0.1, 0.15) is 42.5 Å². The second-order valence-electron chi connectivity index (χ2n) is 8.97. The average Bonchev–Trinajstić information content (AvgIpc) is 3.04. The fraction of sp³-hybridized carbons (Fsp3) is 0.133. The molecular formula is C30H26BrN. The third-order valence-corrected chi connectivity index (χ3v) is 7.07. The molecular weight excluding hydrogens is 454 g/mol. The number of hydrogen-bond donors (Lipinski definition) is 1. The largest absolute Gasteiger partial charge is 0.398 e. The molecule has 1 nitrogen and oxygen atoms in total. The van der Waals surface area contributed by atoms with Crippen molar-refractivity contribution in [3.05, 3.63) is 129 Å². The molecule has 0 bridgehead atoms. The third-order valence-electron chi connectivity index (χ3n) is 6.57. The molecule has 2 aliphatic rings. The molecule has 0 aromatic heterocycles. The van der Waals surface area contributed by atoms with Crippen LogP contribution in [0.15, 0.2) is 107 Å². The molecule has 0 radical (unpaired) electrons. The van der Waals surface area contributed by atoms with Crippen LogP contribution in [-0.2, 0) is 5.41 Å². The first-order valence-corrected chi connectivity index (χ1v) is 11.8. The molecule has 0 atom stereocenters. The minimum Gasteiger partial charge on any atom is -0.398 e. The summed E-state index contributed by atoms with van der Waals surface area (Å²) in [5.74, 6) is 0. The lowest BCUT2D eigenvalue weighted by atomic mass is 9.82. The smallest absolute Gasteiger partial charge is 0.0394 e. The van der Waals surface area contributed by atoms with Crippen LogP contribution in [0.4, 0.5) is 0 Å². The summed E-state index contributed by atoms with van der Waals surface area (Å²) < 4.78 is 1.08. The maximum Gasteiger partial charge on any atom is 0.0394 e. The molecule has 0 saturated heterocycles. The van der Waals surface area contributed by atoms with Gasteiger partial charge in [0, 0.05) is 15.6 Å². The van der Waals surface area contributed by atoms with Crippen molar-refractivity contribution in [3.63, 3.8) is 0 Å². The fourth-order valence-electron chi connectivity index (χ4n) is 4.86. The van der Waals surface area contributed by atoms with Gasteiger partial charge in [-0.25, -0.2) is 0 Å². The topological polar surface area (TPSA) is 26.0 Å². The molecule has 0 saturated carbocycles. The molecule has 0 spiro atoms. The van der Waals surface area contributed by atoms with Gasteiger partial charge in [0.1, 0.15) is 0 Å². The first-order valence-electron chi connectivity index (χ1n) is 11.0. The Morgan fingerprint density at radius 2 is 1.59 bits per heavy atom. The molecule has 0 aliphatic heterocycles. The third kappa shape index (κ3) is 3.59.